The summed E-state index contributed by atoms with van der Waals surface area (Å²) in [6, 6.07) is 5.45. The van der Waals surface area contributed by atoms with E-state index in [0.717, 1.165) is 36.4 Å². The Kier molecular flexibility index (Phi) is 8.61. The smallest absolute Gasteiger partial charge is 0.397 e. The van der Waals surface area contributed by atoms with Crippen molar-refractivity contribution in [2.75, 3.05) is 13.2 Å². The van der Waals surface area contributed by atoms with Gasteiger partial charge in [0.15, 0.2) is 6.29 Å². The van der Waals surface area contributed by atoms with Gasteiger partial charge in [-0.3, -0.25) is 4.79 Å². The van der Waals surface area contributed by atoms with Gasteiger partial charge in [0, 0.05) is 23.8 Å². The summed E-state index contributed by atoms with van der Waals surface area (Å²) in [4.78, 5) is 18.3. The number of aromatic nitrogens is 3. The lowest BCUT2D eigenvalue weighted by atomic mass is 9.83. The number of carbonyl (C=O) groups excluding carboxylic acids is 1. The molecule has 2 aromatic carbocycles. The van der Waals surface area contributed by atoms with Crippen molar-refractivity contribution in [3.05, 3.63) is 83.4 Å². The molecule has 0 saturated carbocycles. The van der Waals surface area contributed by atoms with Crippen molar-refractivity contribution in [1.29, 1.82) is 0 Å². The van der Waals surface area contributed by atoms with Crippen LogP contribution in [0.1, 0.15) is 35.3 Å². The Labute approximate surface area is 208 Å². The van der Waals surface area contributed by atoms with Crippen molar-refractivity contribution >= 4 is 5.91 Å². The number of hydrogen-bond donors (Lipinski definition) is 2. The topological polar surface area (TPSA) is 101 Å². The lowest BCUT2D eigenvalue weighted by Gasteiger charge is -2.50. The van der Waals surface area contributed by atoms with Gasteiger partial charge in [0.1, 0.15) is 29.9 Å². The van der Waals surface area contributed by atoms with Gasteiger partial charge in [0.25, 0.3) is 5.91 Å². The summed E-state index contributed by atoms with van der Waals surface area (Å²) in [5.41, 5.74) is -2.86. The molecule has 3 atom stereocenters. The van der Waals surface area contributed by atoms with Crippen LogP contribution < -0.4 is 0 Å². The highest BCUT2D eigenvalue weighted by Gasteiger charge is 2.51. The fourth-order valence-corrected chi connectivity index (χ4v) is 4.11. The molecule has 0 aliphatic carbocycles. The molecule has 37 heavy (non-hydrogen) atoms. The molecule has 0 bridgehead atoms. The summed E-state index contributed by atoms with van der Waals surface area (Å²) >= 11 is 0. The maximum atomic E-state index is 15.0. The summed E-state index contributed by atoms with van der Waals surface area (Å²) < 4.78 is 74.4. The first-order valence-corrected chi connectivity index (χ1v) is 11.2. The Morgan fingerprint density at radius 2 is 1.84 bits per heavy atom. The third-order valence-electron chi connectivity index (χ3n) is 5.81. The van der Waals surface area contributed by atoms with Crippen LogP contribution in [0, 0.1) is 11.6 Å². The molecule has 2 N–H and O–H groups in total. The number of β-amino-alcohol motifs (C(OH)–C–C–N with tert-alkyl or cyclic N) is 1. The van der Waals surface area contributed by atoms with Crippen molar-refractivity contribution in [3.8, 4) is 0 Å². The molecule has 3 aromatic rings. The summed E-state index contributed by atoms with van der Waals surface area (Å²) in [5, 5.41) is 22.1. The second-order valence-corrected chi connectivity index (χ2v) is 8.20. The van der Waals surface area contributed by atoms with Crippen molar-refractivity contribution in [1.82, 2.24) is 19.7 Å². The van der Waals surface area contributed by atoms with Crippen LogP contribution in [0.15, 0.2) is 55.1 Å². The lowest BCUT2D eigenvalue weighted by molar-refractivity contribution is -0.255. The van der Waals surface area contributed by atoms with Crippen LogP contribution in [0.4, 0.5) is 22.0 Å². The molecule has 1 fully saturated rings. The van der Waals surface area contributed by atoms with E-state index >= 15 is 0 Å². The minimum Gasteiger partial charge on any atom is -0.397 e. The third-order valence-corrected chi connectivity index (χ3v) is 5.81. The highest BCUT2D eigenvalue weighted by molar-refractivity contribution is 5.94. The normalized spacial score (nSPS) is 21.8. The Hall–Kier alpha value is -3.42. The zero-order valence-electron chi connectivity index (χ0n) is 19.9. The maximum Gasteiger partial charge on any atom is 0.416 e. The number of amides is 1. The molecule has 2 heterocycles. The van der Waals surface area contributed by atoms with Gasteiger partial charge >= 0.3 is 6.18 Å². The predicted octanol–water partition coefficient (Wildman–Crippen LogP) is 3.35. The van der Waals surface area contributed by atoms with Crippen LogP contribution in [0.5, 0.6) is 0 Å². The quantitative estimate of drug-likeness (QED) is 0.504. The Bertz CT molecular complexity index is 1190. The monoisotopic (exact) mass is 528 g/mol. The second-order valence-electron chi connectivity index (χ2n) is 8.20. The van der Waals surface area contributed by atoms with Crippen molar-refractivity contribution < 1.29 is 41.7 Å². The molecule has 1 amide bonds. The third kappa shape index (κ3) is 6.12. The van der Waals surface area contributed by atoms with Gasteiger partial charge in [-0.25, -0.2) is 18.4 Å². The molecule has 200 valence electrons. The maximum absolute atomic E-state index is 15.0. The number of hydrogen-bond acceptors (Lipinski definition) is 6. The van der Waals surface area contributed by atoms with Crippen LogP contribution in [0.25, 0.3) is 0 Å². The molecule has 13 heteroatoms. The highest BCUT2D eigenvalue weighted by atomic mass is 19.4. The van der Waals surface area contributed by atoms with E-state index < -0.39 is 47.2 Å². The number of aliphatic hydroxyl groups excluding tert-OH is 2. The molecule has 1 aromatic heterocycles. The van der Waals surface area contributed by atoms with E-state index in [1.54, 1.807) is 6.92 Å². The van der Waals surface area contributed by atoms with Crippen molar-refractivity contribution in [2.24, 2.45) is 0 Å². The van der Waals surface area contributed by atoms with E-state index in [-0.39, 0.29) is 30.8 Å². The van der Waals surface area contributed by atoms with Crippen LogP contribution in [-0.4, -0.2) is 61.3 Å². The van der Waals surface area contributed by atoms with E-state index in [1.165, 1.54) is 29.2 Å². The predicted molar refractivity (Wildman–Crippen MR) is 120 cm³/mol. The number of halogens is 5. The van der Waals surface area contributed by atoms with E-state index in [0.29, 0.717) is 6.07 Å². The molecule has 1 aliphatic rings. The zero-order chi connectivity index (χ0) is 27.4. The number of nitrogens with zero attached hydrogens (tertiary/aromatic N) is 4. The number of carbonyl (C=O) groups is 1. The highest BCUT2D eigenvalue weighted by Crippen LogP contribution is 2.40. The average molecular weight is 528 g/mol. The molecule has 4 rings (SSSR count). The van der Waals surface area contributed by atoms with Gasteiger partial charge in [-0.05, 0) is 44.2 Å². The number of benzene rings is 2. The number of alkyl halides is 3. The summed E-state index contributed by atoms with van der Waals surface area (Å²) in [7, 11) is 0. The minimum absolute atomic E-state index is 0.0665. The van der Waals surface area contributed by atoms with Crippen molar-refractivity contribution in [3.63, 3.8) is 0 Å². The largest absolute Gasteiger partial charge is 0.416 e. The number of ether oxygens (including phenoxy) is 1. The molecular formula is C24H25F5N4O4. The van der Waals surface area contributed by atoms with Gasteiger partial charge in [0.05, 0.1) is 24.7 Å². The van der Waals surface area contributed by atoms with E-state index in [9.17, 15) is 31.9 Å². The molecule has 1 unspecified atom stereocenters. The molecule has 8 nitrogen and oxygen atoms in total. The first-order chi connectivity index (χ1) is 17.4. The molecule has 0 spiro atoms. The molecule has 1 aliphatic heterocycles. The number of morpholine rings is 1. The second kappa shape index (κ2) is 11.3. The standard InChI is InChI=1S/C22H19F5N4O3.C2H6O/c1-13-21(10-30-12-28-11-29-30,17-7-6-16(23)8-18(17)24)34-19(32)9-31(13)20(33)14-2-4-15(5-3-14)22(25,26)27;1-2-3/h2-8,11-13,19,32H,9-10H2,1H3;3H,2H2,1H3/t13-,19?,21-;/m1./s1. The summed E-state index contributed by atoms with van der Waals surface area (Å²) in [5.74, 6) is -2.50. The van der Waals surface area contributed by atoms with Gasteiger partial charge < -0.3 is 19.8 Å². The SMILES string of the molecule is CCO.C[C@H]1N(C(=O)c2ccc(C(F)(F)F)cc2)CC(O)O[C@@]1(Cn1cncn1)c1ccc(F)cc1F. The van der Waals surface area contributed by atoms with Gasteiger partial charge in [-0.15, -0.1) is 0 Å². The zero-order valence-corrected chi connectivity index (χ0v) is 19.9. The van der Waals surface area contributed by atoms with Crippen LogP contribution >= 0.6 is 0 Å². The molecular weight excluding hydrogens is 503 g/mol. The first kappa shape index (κ1) is 28.2. The van der Waals surface area contributed by atoms with E-state index in [4.69, 9.17) is 9.84 Å². The van der Waals surface area contributed by atoms with Crippen LogP contribution in [0.2, 0.25) is 0 Å². The average Bonchev–Trinajstić information content (AvgIpc) is 3.33. The lowest BCUT2D eigenvalue weighted by Crippen LogP contribution is -2.63. The Morgan fingerprint density at radius 1 is 1.19 bits per heavy atom. The fourth-order valence-electron chi connectivity index (χ4n) is 4.11. The van der Waals surface area contributed by atoms with Gasteiger partial charge in [0.2, 0.25) is 0 Å². The van der Waals surface area contributed by atoms with E-state index in [1.807, 2.05) is 0 Å². The van der Waals surface area contributed by atoms with Crippen LogP contribution in [0.3, 0.4) is 0 Å². The molecule has 0 radical (unpaired) electrons. The number of rotatable bonds is 4. The first-order valence-electron chi connectivity index (χ1n) is 11.2. The van der Waals surface area contributed by atoms with Crippen LogP contribution in [-0.2, 0) is 23.1 Å². The Morgan fingerprint density at radius 3 is 2.38 bits per heavy atom. The van der Waals surface area contributed by atoms with Gasteiger partial charge in [-0.1, -0.05) is 6.07 Å². The summed E-state index contributed by atoms with van der Waals surface area (Å²) in [6.45, 7) is 2.93. The molecule has 1 saturated heterocycles. The fraction of sp³-hybridized carbons (Fsp3) is 0.375. The minimum atomic E-state index is -4.57. The number of aliphatic hydroxyl groups is 2. The summed E-state index contributed by atoms with van der Waals surface area (Å²) in [6.07, 6.45) is -3.61. The van der Waals surface area contributed by atoms with E-state index in [2.05, 4.69) is 10.1 Å². The van der Waals surface area contributed by atoms with Gasteiger partial charge in [-0.2, -0.15) is 18.3 Å². The Balaban J connectivity index is 0.00000121. The van der Waals surface area contributed by atoms with Crippen molar-refractivity contribution in [2.45, 2.75) is 44.5 Å².